The molecule has 2 aliphatic heterocycles. The Morgan fingerprint density at radius 2 is 1.88 bits per heavy atom. The van der Waals surface area contributed by atoms with Gasteiger partial charge in [0.05, 0.1) is 17.2 Å². The highest BCUT2D eigenvalue weighted by Crippen LogP contribution is 2.35. The van der Waals surface area contributed by atoms with E-state index in [0.29, 0.717) is 25.4 Å². The van der Waals surface area contributed by atoms with Crippen molar-refractivity contribution in [2.24, 2.45) is 5.92 Å². The van der Waals surface area contributed by atoms with Crippen LogP contribution < -0.4 is 4.74 Å². The highest BCUT2D eigenvalue weighted by Gasteiger charge is 2.34. The summed E-state index contributed by atoms with van der Waals surface area (Å²) in [5.74, 6) is 0.971. The van der Waals surface area contributed by atoms with Crippen LogP contribution >= 0.6 is 0 Å². The van der Waals surface area contributed by atoms with Crippen molar-refractivity contribution >= 4 is 15.9 Å². The second-order valence-corrected chi connectivity index (χ2v) is 11.6. The number of hydrogen-bond donors (Lipinski definition) is 0. The fourth-order valence-electron chi connectivity index (χ4n) is 3.98. The molecule has 0 aliphatic carbocycles. The number of carbonyl (C=O) groups excluding carboxylic acids is 1. The summed E-state index contributed by atoms with van der Waals surface area (Å²) in [5, 5.41) is 0. The minimum atomic E-state index is -3.28. The van der Waals surface area contributed by atoms with Crippen LogP contribution in [0.1, 0.15) is 39.2 Å². The molecule has 178 valence electrons. The average molecular weight is 475 g/mol. The summed E-state index contributed by atoms with van der Waals surface area (Å²) in [6.07, 6.45) is 3.48. The van der Waals surface area contributed by atoms with Gasteiger partial charge in [-0.1, -0.05) is 0 Å². The third kappa shape index (κ3) is 5.65. The lowest BCUT2D eigenvalue weighted by atomic mass is 9.95. The van der Waals surface area contributed by atoms with Gasteiger partial charge in [-0.2, -0.15) is 0 Å². The Labute approximate surface area is 194 Å². The van der Waals surface area contributed by atoms with Crippen LogP contribution in [0.3, 0.4) is 0 Å². The number of sulfone groups is 1. The lowest BCUT2D eigenvalue weighted by Crippen LogP contribution is -2.45. The van der Waals surface area contributed by atoms with E-state index in [1.54, 1.807) is 17.0 Å². The topological polar surface area (TPSA) is 95.0 Å². The lowest BCUT2D eigenvalue weighted by molar-refractivity contribution is -0.149. The monoisotopic (exact) mass is 474 g/mol. The molecule has 1 atom stereocenters. The summed E-state index contributed by atoms with van der Waals surface area (Å²) in [7, 11) is -3.28. The normalized spacial score (nSPS) is 19.5. The summed E-state index contributed by atoms with van der Waals surface area (Å²) in [4.78, 5) is 18.5. The largest absolute Gasteiger partial charge is 0.464 e. The number of ether oxygens (including phenoxy) is 3. The minimum Gasteiger partial charge on any atom is -0.464 e. The second kappa shape index (κ2) is 8.95. The molecular weight excluding hydrogens is 444 g/mol. The Kier molecular flexibility index (Phi) is 6.37. The number of carbonyl (C=O) groups is 1. The number of amides is 1. The number of aromatic nitrogens is 1. The number of rotatable bonds is 3. The molecular formula is C24H30N2O6S. The van der Waals surface area contributed by atoms with Crippen molar-refractivity contribution in [2.75, 3.05) is 19.3 Å². The molecule has 0 N–H and O–H groups in total. The first-order valence-electron chi connectivity index (χ1n) is 11.1. The van der Waals surface area contributed by atoms with E-state index < -0.39 is 15.4 Å². The molecule has 0 bridgehead atoms. The molecule has 33 heavy (non-hydrogen) atoms. The first-order valence-corrected chi connectivity index (χ1v) is 12.9. The van der Waals surface area contributed by atoms with Gasteiger partial charge in [0.1, 0.15) is 11.4 Å². The third-order valence-electron chi connectivity index (χ3n) is 5.74. The zero-order valence-electron chi connectivity index (χ0n) is 19.4. The molecule has 2 aliphatic rings. The standard InChI is InChI=1S/C24H30N2O6S/c1-24(2,3)32-23(27)26-11-9-16(10-12-26)22-30-15-18-13-17(5-8-21(18)31-22)20-7-6-19(14-25-20)33(4,28)29/h5-8,13-14,16,22H,9-12,15H2,1-4H3. The van der Waals surface area contributed by atoms with E-state index in [9.17, 15) is 13.2 Å². The summed E-state index contributed by atoms with van der Waals surface area (Å²) < 4.78 is 40.9. The van der Waals surface area contributed by atoms with E-state index in [2.05, 4.69) is 4.98 Å². The fraction of sp³-hybridized carbons (Fsp3) is 0.500. The fourth-order valence-corrected chi connectivity index (χ4v) is 4.54. The number of benzene rings is 1. The van der Waals surface area contributed by atoms with Gasteiger partial charge in [-0.3, -0.25) is 4.98 Å². The van der Waals surface area contributed by atoms with Gasteiger partial charge in [0, 0.05) is 42.6 Å². The van der Waals surface area contributed by atoms with Gasteiger partial charge in [0.15, 0.2) is 9.84 Å². The van der Waals surface area contributed by atoms with Crippen LogP contribution in [0.4, 0.5) is 4.79 Å². The molecule has 4 rings (SSSR count). The maximum absolute atomic E-state index is 12.3. The van der Waals surface area contributed by atoms with E-state index in [1.807, 2.05) is 39.0 Å². The van der Waals surface area contributed by atoms with Gasteiger partial charge in [0.25, 0.3) is 0 Å². The molecule has 1 amide bonds. The second-order valence-electron chi connectivity index (χ2n) is 9.58. The average Bonchev–Trinajstić information content (AvgIpc) is 2.77. The van der Waals surface area contributed by atoms with E-state index >= 15 is 0 Å². The third-order valence-corrected chi connectivity index (χ3v) is 6.84. The van der Waals surface area contributed by atoms with E-state index in [4.69, 9.17) is 14.2 Å². The zero-order valence-corrected chi connectivity index (χ0v) is 20.2. The van der Waals surface area contributed by atoms with Crippen molar-refractivity contribution in [3.8, 4) is 17.0 Å². The molecule has 1 fully saturated rings. The first kappa shape index (κ1) is 23.5. The molecule has 9 heteroatoms. The number of likely N-dealkylation sites (tertiary alicyclic amines) is 1. The number of pyridine rings is 1. The molecule has 1 aromatic carbocycles. The molecule has 0 spiro atoms. The quantitative estimate of drug-likeness (QED) is 0.663. The van der Waals surface area contributed by atoms with E-state index in [1.165, 1.54) is 6.20 Å². The predicted molar refractivity (Wildman–Crippen MR) is 123 cm³/mol. The van der Waals surface area contributed by atoms with Crippen LogP contribution in [-0.4, -0.2) is 55.6 Å². The highest BCUT2D eigenvalue weighted by molar-refractivity contribution is 7.90. The van der Waals surface area contributed by atoms with Crippen LogP contribution in [0.2, 0.25) is 0 Å². The molecule has 0 saturated carbocycles. The van der Waals surface area contributed by atoms with Gasteiger partial charge in [-0.15, -0.1) is 0 Å². The Balaban J connectivity index is 1.38. The lowest BCUT2D eigenvalue weighted by Gasteiger charge is -2.38. The minimum absolute atomic E-state index is 0.191. The summed E-state index contributed by atoms with van der Waals surface area (Å²) >= 11 is 0. The van der Waals surface area contributed by atoms with Crippen molar-refractivity contribution in [1.82, 2.24) is 9.88 Å². The summed E-state index contributed by atoms with van der Waals surface area (Å²) in [5.41, 5.74) is 1.97. The molecule has 1 unspecified atom stereocenters. The number of piperidine rings is 1. The van der Waals surface area contributed by atoms with Crippen LogP contribution in [0, 0.1) is 5.92 Å². The molecule has 0 radical (unpaired) electrons. The van der Waals surface area contributed by atoms with Crippen molar-refractivity contribution in [1.29, 1.82) is 0 Å². The highest BCUT2D eigenvalue weighted by atomic mass is 32.2. The van der Waals surface area contributed by atoms with Crippen molar-refractivity contribution in [2.45, 2.75) is 57.0 Å². The molecule has 1 saturated heterocycles. The first-order chi connectivity index (χ1) is 15.5. The van der Waals surface area contributed by atoms with Crippen LogP contribution in [-0.2, 0) is 25.9 Å². The molecule has 2 aromatic rings. The van der Waals surface area contributed by atoms with Gasteiger partial charge < -0.3 is 19.1 Å². The van der Waals surface area contributed by atoms with Gasteiger partial charge in [-0.25, -0.2) is 13.2 Å². The molecule has 3 heterocycles. The Morgan fingerprint density at radius 3 is 2.48 bits per heavy atom. The number of hydrogen-bond acceptors (Lipinski definition) is 7. The Morgan fingerprint density at radius 1 is 1.15 bits per heavy atom. The predicted octanol–water partition coefficient (Wildman–Crippen LogP) is 4.03. The van der Waals surface area contributed by atoms with Gasteiger partial charge in [-0.05, 0) is 63.9 Å². The van der Waals surface area contributed by atoms with Crippen LogP contribution in [0.15, 0.2) is 41.4 Å². The van der Waals surface area contributed by atoms with Crippen LogP contribution in [0.25, 0.3) is 11.3 Å². The molecule has 8 nitrogen and oxygen atoms in total. The van der Waals surface area contributed by atoms with E-state index in [-0.39, 0.29) is 23.2 Å². The molecule has 1 aromatic heterocycles. The Bertz CT molecular complexity index is 1120. The number of fused-ring (bicyclic) bond motifs is 1. The van der Waals surface area contributed by atoms with Crippen LogP contribution in [0.5, 0.6) is 5.75 Å². The van der Waals surface area contributed by atoms with Gasteiger partial charge in [0.2, 0.25) is 6.29 Å². The van der Waals surface area contributed by atoms with E-state index in [0.717, 1.165) is 36.0 Å². The summed E-state index contributed by atoms with van der Waals surface area (Å²) in [6, 6.07) is 9.03. The SMILES string of the molecule is CC(C)(C)OC(=O)N1CCC(C2OCc3cc(-c4ccc(S(C)(=O)=O)cn4)ccc3O2)CC1. The van der Waals surface area contributed by atoms with Gasteiger partial charge >= 0.3 is 6.09 Å². The van der Waals surface area contributed by atoms with Crippen molar-refractivity contribution in [3.05, 3.63) is 42.1 Å². The van der Waals surface area contributed by atoms with Crippen molar-refractivity contribution in [3.63, 3.8) is 0 Å². The maximum atomic E-state index is 12.3. The smallest absolute Gasteiger partial charge is 0.410 e. The Hall–Kier alpha value is -2.65. The summed E-state index contributed by atoms with van der Waals surface area (Å²) in [6.45, 7) is 7.25. The number of nitrogens with zero attached hydrogens (tertiary/aromatic N) is 2. The maximum Gasteiger partial charge on any atom is 0.410 e. The zero-order chi connectivity index (χ0) is 23.8. The van der Waals surface area contributed by atoms with Crippen molar-refractivity contribution < 1.29 is 27.4 Å².